The highest BCUT2D eigenvalue weighted by atomic mass is 16.4. The van der Waals surface area contributed by atoms with Gasteiger partial charge in [0.15, 0.2) is 0 Å². The van der Waals surface area contributed by atoms with Crippen molar-refractivity contribution in [2.75, 3.05) is 6.54 Å². The van der Waals surface area contributed by atoms with Crippen molar-refractivity contribution in [2.24, 2.45) is 5.92 Å². The minimum atomic E-state index is -1.07. The zero-order valence-electron chi connectivity index (χ0n) is 19.6. The van der Waals surface area contributed by atoms with Crippen molar-refractivity contribution in [1.82, 2.24) is 9.88 Å². The molecule has 34 heavy (non-hydrogen) atoms. The first-order chi connectivity index (χ1) is 16.5. The molecule has 0 saturated carbocycles. The molecule has 6 nitrogen and oxygen atoms in total. The molecule has 176 valence electrons. The van der Waals surface area contributed by atoms with E-state index < -0.39 is 12.5 Å². The van der Waals surface area contributed by atoms with E-state index in [1.165, 1.54) is 36.9 Å². The monoisotopic (exact) mass is 457 g/mol. The van der Waals surface area contributed by atoms with E-state index >= 15 is 0 Å². The SMILES string of the molecule is CCCCC1CCCc2c(n(Cc3cccc(C#N)c3)c3c(C(=O)NCC(=O)O)cccc23)C1. The van der Waals surface area contributed by atoms with Gasteiger partial charge in [-0.15, -0.1) is 0 Å². The van der Waals surface area contributed by atoms with Crippen LogP contribution < -0.4 is 5.32 Å². The Morgan fingerprint density at radius 3 is 2.82 bits per heavy atom. The number of carboxylic acids is 1. The predicted molar refractivity (Wildman–Crippen MR) is 132 cm³/mol. The van der Waals surface area contributed by atoms with E-state index in [-0.39, 0.29) is 5.91 Å². The topological polar surface area (TPSA) is 95.1 Å². The number of benzene rings is 2. The molecule has 1 amide bonds. The fourth-order valence-corrected chi connectivity index (χ4v) is 5.26. The zero-order valence-corrected chi connectivity index (χ0v) is 19.6. The Hall–Kier alpha value is -3.59. The van der Waals surface area contributed by atoms with Gasteiger partial charge in [0.2, 0.25) is 0 Å². The Labute approximate surface area is 200 Å². The predicted octanol–water partition coefficient (Wildman–Crippen LogP) is 5.06. The first-order valence-electron chi connectivity index (χ1n) is 12.1. The maximum Gasteiger partial charge on any atom is 0.322 e. The maximum atomic E-state index is 13.0. The van der Waals surface area contributed by atoms with E-state index in [4.69, 9.17) is 5.11 Å². The summed E-state index contributed by atoms with van der Waals surface area (Å²) >= 11 is 0. The summed E-state index contributed by atoms with van der Waals surface area (Å²) in [6.07, 6.45) is 7.87. The van der Waals surface area contributed by atoms with Crippen molar-refractivity contribution in [3.05, 3.63) is 70.4 Å². The van der Waals surface area contributed by atoms with Crippen LogP contribution in [0.1, 0.15) is 71.8 Å². The van der Waals surface area contributed by atoms with Crippen LogP contribution in [0.25, 0.3) is 10.9 Å². The Kier molecular flexibility index (Phi) is 7.32. The molecule has 1 aliphatic rings. The molecule has 1 aliphatic carbocycles. The summed E-state index contributed by atoms with van der Waals surface area (Å²) in [7, 11) is 0. The van der Waals surface area contributed by atoms with Crippen LogP contribution >= 0.6 is 0 Å². The quantitative estimate of drug-likeness (QED) is 0.462. The van der Waals surface area contributed by atoms with Crippen LogP contribution in [0.3, 0.4) is 0 Å². The van der Waals surface area contributed by atoms with Crippen molar-refractivity contribution in [3.63, 3.8) is 0 Å². The van der Waals surface area contributed by atoms with Crippen molar-refractivity contribution in [2.45, 2.75) is 58.4 Å². The van der Waals surface area contributed by atoms with Crippen LogP contribution in [0.2, 0.25) is 0 Å². The number of hydrogen-bond donors (Lipinski definition) is 2. The maximum absolute atomic E-state index is 13.0. The van der Waals surface area contributed by atoms with Crippen molar-refractivity contribution in [1.29, 1.82) is 5.26 Å². The molecular weight excluding hydrogens is 426 g/mol. The average molecular weight is 458 g/mol. The lowest BCUT2D eigenvalue weighted by molar-refractivity contribution is -0.135. The van der Waals surface area contributed by atoms with Gasteiger partial charge in [-0.2, -0.15) is 5.26 Å². The number of aromatic nitrogens is 1. The number of nitrogens with one attached hydrogen (secondary N) is 1. The molecule has 2 aromatic carbocycles. The lowest BCUT2D eigenvalue weighted by atomic mass is 9.94. The van der Waals surface area contributed by atoms with Crippen LogP contribution in [-0.2, 0) is 24.2 Å². The highest BCUT2D eigenvalue weighted by molar-refractivity contribution is 6.07. The third-order valence-electron chi connectivity index (χ3n) is 6.83. The van der Waals surface area contributed by atoms with Crippen LogP contribution in [0.5, 0.6) is 0 Å². The van der Waals surface area contributed by atoms with E-state index in [1.807, 2.05) is 24.3 Å². The molecule has 1 heterocycles. The van der Waals surface area contributed by atoms with Gasteiger partial charge in [-0.1, -0.05) is 50.5 Å². The lowest BCUT2D eigenvalue weighted by Crippen LogP contribution is -2.29. The number of hydrogen-bond acceptors (Lipinski definition) is 3. The summed E-state index contributed by atoms with van der Waals surface area (Å²) in [5.74, 6) is -0.840. The molecular formula is C28H31N3O3. The number of aryl methyl sites for hydroxylation is 1. The number of para-hydroxylation sites is 1. The van der Waals surface area contributed by atoms with Crippen molar-refractivity contribution >= 4 is 22.8 Å². The second-order valence-corrected chi connectivity index (χ2v) is 9.21. The van der Waals surface area contributed by atoms with E-state index in [0.717, 1.165) is 35.7 Å². The average Bonchev–Trinajstić information content (AvgIpc) is 2.99. The number of carboxylic acid groups (broad SMARTS) is 1. The second kappa shape index (κ2) is 10.6. The van der Waals surface area contributed by atoms with E-state index in [2.05, 4.69) is 28.9 Å². The minimum Gasteiger partial charge on any atom is -0.480 e. The van der Waals surface area contributed by atoms with Gasteiger partial charge in [-0.25, -0.2) is 0 Å². The molecule has 4 rings (SSSR count). The molecule has 1 unspecified atom stereocenters. The molecule has 1 atom stereocenters. The van der Waals surface area contributed by atoms with Crippen LogP contribution in [-0.4, -0.2) is 28.1 Å². The number of rotatable bonds is 8. The van der Waals surface area contributed by atoms with Gasteiger partial charge in [-0.05, 0) is 60.9 Å². The Balaban J connectivity index is 1.86. The van der Waals surface area contributed by atoms with Crippen molar-refractivity contribution < 1.29 is 14.7 Å². The van der Waals surface area contributed by atoms with Gasteiger partial charge >= 0.3 is 5.97 Å². The smallest absolute Gasteiger partial charge is 0.322 e. The number of carbonyl (C=O) groups excluding carboxylic acids is 1. The fraction of sp³-hybridized carbons (Fsp3) is 0.393. The van der Waals surface area contributed by atoms with Gasteiger partial charge in [0.1, 0.15) is 6.54 Å². The Morgan fingerprint density at radius 2 is 2.06 bits per heavy atom. The third kappa shape index (κ3) is 4.99. The largest absolute Gasteiger partial charge is 0.480 e. The van der Waals surface area contributed by atoms with Gasteiger partial charge in [0, 0.05) is 17.6 Å². The standard InChI is InChI=1S/C28H31N3O3/c1-2-3-7-19-8-5-11-22-23-12-6-13-24(28(34)30-17-26(32)33)27(23)31(25(22)15-19)18-21-10-4-9-20(14-21)16-29/h4,6,9-10,12-14,19H,2-3,5,7-8,11,15,17-18H2,1H3,(H,30,34)(H,32,33). The number of aliphatic carboxylic acids is 1. The molecule has 6 heteroatoms. The summed E-state index contributed by atoms with van der Waals surface area (Å²) < 4.78 is 2.25. The third-order valence-corrected chi connectivity index (χ3v) is 6.83. The summed E-state index contributed by atoms with van der Waals surface area (Å²) in [5, 5.41) is 22.0. The van der Waals surface area contributed by atoms with Crippen LogP contribution in [0.4, 0.5) is 0 Å². The van der Waals surface area contributed by atoms with Crippen LogP contribution in [0.15, 0.2) is 42.5 Å². The first-order valence-corrected chi connectivity index (χ1v) is 12.1. The number of fused-ring (bicyclic) bond motifs is 3. The second-order valence-electron chi connectivity index (χ2n) is 9.21. The molecule has 3 aromatic rings. The minimum absolute atomic E-state index is 0.379. The van der Waals surface area contributed by atoms with Crippen LogP contribution in [0, 0.1) is 17.2 Å². The number of nitrogens with zero attached hydrogens (tertiary/aromatic N) is 2. The normalized spacial score (nSPS) is 15.4. The summed E-state index contributed by atoms with van der Waals surface area (Å²) in [5.41, 5.74) is 5.55. The van der Waals surface area contributed by atoms with E-state index in [0.29, 0.717) is 23.6 Å². The summed E-state index contributed by atoms with van der Waals surface area (Å²) in [4.78, 5) is 24.1. The summed E-state index contributed by atoms with van der Waals surface area (Å²) in [6, 6.07) is 15.6. The lowest BCUT2D eigenvalue weighted by Gasteiger charge is -2.18. The van der Waals surface area contributed by atoms with Gasteiger partial charge in [0.25, 0.3) is 5.91 Å². The Morgan fingerprint density at radius 1 is 1.24 bits per heavy atom. The first kappa shape index (κ1) is 23.6. The van der Waals surface area contributed by atoms with Gasteiger partial charge in [-0.3, -0.25) is 9.59 Å². The number of unbranched alkanes of at least 4 members (excludes halogenated alkanes) is 1. The molecule has 0 saturated heterocycles. The zero-order chi connectivity index (χ0) is 24.1. The highest BCUT2D eigenvalue weighted by Crippen LogP contribution is 2.36. The summed E-state index contributed by atoms with van der Waals surface area (Å²) in [6.45, 7) is 2.37. The molecule has 0 radical (unpaired) electrons. The molecule has 1 aromatic heterocycles. The Bertz CT molecular complexity index is 1250. The number of carbonyl (C=O) groups is 2. The molecule has 2 N–H and O–H groups in total. The van der Waals surface area contributed by atoms with Crippen molar-refractivity contribution in [3.8, 4) is 6.07 Å². The molecule has 0 fully saturated rings. The molecule has 0 aliphatic heterocycles. The van der Waals surface area contributed by atoms with E-state index in [9.17, 15) is 14.9 Å². The fourth-order valence-electron chi connectivity index (χ4n) is 5.26. The number of nitriles is 1. The van der Waals surface area contributed by atoms with E-state index in [1.54, 1.807) is 12.1 Å². The number of amides is 1. The molecule has 0 spiro atoms. The highest BCUT2D eigenvalue weighted by Gasteiger charge is 2.26. The van der Waals surface area contributed by atoms with Gasteiger partial charge < -0.3 is 15.0 Å². The molecule has 0 bridgehead atoms. The van der Waals surface area contributed by atoms with Gasteiger partial charge in [0.05, 0.1) is 22.7 Å².